The second-order valence-corrected chi connectivity index (χ2v) is 6.82. The first-order chi connectivity index (χ1) is 13.4. The highest BCUT2D eigenvalue weighted by Crippen LogP contribution is 2.31. The predicted octanol–water partition coefficient (Wildman–Crippen LogP) is 3.04. The lowest BCUT2D eigenvalue weighted by Gasteiger charge is -2.29. The predicted molar refractivity (Wildman–Crippen MR) is 107 cm³/mol. The summed E-state index contributed by atoms with van der Waals surface area (Å²) >= 11 is 0. The standard InChI is InChI=1S/C21H23N3O4/c1-14(2)21(27)23-16-9-7-15(8-10-16)22-19(25)11-12-24-17-5-3-4-6-18(17)28-13-20(24)26/h3-10,14H,11-13H2,1-2H3,(H,22,25)(H,23,27). The van der Waals surface area contributed by atoms with Gasteiger partial charge in [-0.1, -0.05) is 26.0 Å². The first kappa shape index (κ1) is 19.4. The van der Waals surface area contributed by atoms with Gasteiger partial charge >= 0.3 is 0 Å². The van der Waals surface area contributed by atoms with Crippen molar-refractivity contribution < 1.29 is 19.1 Å². The number of nitrogens with zero attached hydrogens (tertiary/aromatic N) is 1. The van der Waals surface area contributed by atoms with Crippen LogP contribution in [0.15, 0.2) is 48.5 Å². The first-order valence-electron chi connectivity index (χ1n) is 9.17. The van der Waals surface area contributed by atoms with Crippen LogP contribution in [0.2, 0.25) is 0 Å². The lowest BCUT2D eigenvalue weighted by molar-refractivity contribution is -0.121. The smallest absolute Gasteiger partial charge is 0.265 e. The minimum atomic E-state index is -0.198. The molecule has 7 heteroatoms. The summed E-state index contributed by atoms with van der Waals surface area (Å²) in [6, 6.07) is 14.2. The van der Waals surface area contributed by atoms with Crippen LogP contribution in [-0.2, 0) is 14.4 Å². The minimum absolute atomic E-state index is 0.0256. The Morgan fingerprint density at radius 2 is 1.68 bits per heavy atom. The van der Waals surface area contributed by atoms with Crippen molar-refractivity contribution in [2.24, 2.45) is 5.92 Å². The molecular formula is C21H23N3O4. The van der Waals surface area contributed by atoms with Crippen LogP contribution in [-0.4, -0.2) is 30.9 Å². The van der Waals surface area contributed by atoms with Gasteiger partial charge in [0, 0.05) is 30.3 Å². The minimum Gasteiger partial charge on any atom is -0.482 e. The Morgan fingerprint density at radius 1 is 1.04 bits per heavy atom. The fraction of sp³-hybridized carbons (Fsp3) is 0.286. The van der Waals surface area contributed by atoms with Crippen molar-refractivity contribution in [1.29, 1.82) is 0 Å². The third-order valence-electron chi connectivity index (χ3n) is 4.33. The first-order valence-corrected chi connectivity index (χ1v) is 9.17. The molecule has 0 radical (unpaired) electrons. The van der Waals surface area contributed by atoms with Gasteiger partial charge in [0.25, 0.3) is 5.91 Å². The maximum Gasteiger partial charge on any atom is 0.265 e. The van der Waals surface area contributed by atoms with Gasteiger partial charge < -0.3 is 20.3 Å². The van der Waals surface area contributed by atoms with Gasteiger partial charge in [0.05, 0.1) is 5.69 Å². The van der Waals surface area contributed by atoms with Crippen LogP contribution in [0.25, 0.3) is 0 Å². The van der Waals surface area contributed by atoms with Gasteiger partial charge in [-0.2, -0.15) is 0 Å². The number of hydrogen-bond donors (Lipinski definition) is 2. The van der Waals surface area contributed by atoms with E-state index in [0.717, 1.165) is 0 Å². The Kier molecular flexibility index (Phi) is 5.93. The van der Waals surface area contributed by atoms with Crippen molar-refractivity contribution in [2.75, 3.05) is 28.7 Å². The van der Waals surface area contributed by atoms with Crippen molar-refractivity contribution in [3.05, 3.63) is 48.5 Å². The average Bonchev–Trinajstić information content (AvgIpc) is 2.68. The molecule has 3 amide bonds. The van der Waals surface area contributed by atoms with E-state index in [0.29, 0.717) is 22.8 Å². The van der Waals surface area contributed by atoms with Gasteiger partial charge in [0.1, 0.15) is 5.75 Å². The molecule has 0 atom stereocenters. The van der Waals surface area contributed by atoms with E-state index in [4.69, 9.17) is 4.74 Å². The van der Waals surface area contributed by atoms with Gasteiger partial charge in [0.2, 0.25) is 11.8 Å². The number of ether oxygens (including phenoxy) is 1. The van der Waals surface area contributed by atoms with Gasteiger partial charge in [-0.25, -0.2) is 0 Å². The van der Waals surface area contributed by atoms with E-state index in [1.54, 1.807) is 41.3 Å². The summed E-state index contributed by atoms with van der Waals surface area (Å²) in [4.78, 5) is 37.7. The number of carbonyl (C=O) groups is 3. The van der Waals surface area contributed by atoms with Crippen molar-refractivity contribution in [2.45, 2.75) is 20.3 Å². The second kappa shape index (κ2) is 8.56. The van der Waals surface area contributed by atoms with Gasteiger partial charge in [-0.05, 0) is 36.4 Å². The van der Waals surface area contributed by atoms with Crippen LogP contribution in [0, 0.1) is 5.92 Å². The molecule has 1 heterocycles. The summed E-state index contributed by atoms with van der Waals surface area (Å²) < 4.78 is 5.40. The van der Waals surface area contributed by atoms with E-state index in [1.165, 1.54) is 0 Å². The lowest BCUT2D eigenvalue weighted by atomic mass is 10.2. The second-order valence-electron chi connectivity index (χ2n) is 6.82. The number of benzene rings is 2. The van der Waals surface area contributed by atoms with E-state index in [1.807, 2.05) is 26.0 Å². The Bertz CT molecular complexity index is 877. The van der Waals surface area contributed by atoms with E-state index in [9.17, 15) is 14.4 Å². The molecule has 28 heavy (non-hydrogen) atoms. The van der Waals surface area contributed by atoms with Gasteiger partial charge in [-0.15, -0.1) is 0 Å². The SMILES string of the molecule is CC(C)C(=O)Nc1ccc(NC(=O)CCN2C(=O)COc3ccccc32)cc1. The quantitative estimate of drug-likeness (QED) is 0.805. The summed E-state index contributed by atoms with van der Waals surface area (Å²) in [5, 5.41) is 5.60. The number of para-hydroxylation sites is 2. The van der Waals surface area contributed by atoms with Crippen LogP contribution in [0.4, 0.5) is 17.1 Å². The highest BCUT2D eigenvalue weighted by molar-refractivity contribution is 5.99. The highest BCUT2D eigenvalue weighted by Gasteiger charge is 2.25. The highest BCUT2D eigenvalue weighted by atomic mass is 16.5. The molecule has 0 saturated heterocycles. The summed E-state index contributed by atoms with van der Waals surface area (Å²) in [6.07, 6.45) is 0.159. The topological polar surface area (TPSA) is 87.7 Å². The van der Waals surface area contributed by atoms with Crippen LogP contribution in [0.3, 0.4) is 0 Å². The van der Waals surface area contributed by atoms with E-state index < -0.39 is 0 Å². The molecule has 3 rings (SSSR count). The molecule has 7 nitrogen and oxygen atoms in total. The average molecular weight is 381 g/mol. The van der Waals surface area contributed by atoms with Gasteiger partial charge in [-0.3, -0.25) is 14.4 Å². The number of fused-ring (bicyclic) bond motifs is 1. The molecule has 0 spiro atoms. The van der Waals surface area contributed by atoms with E-state index in [-0.39, 0.29) is 43.2 Å². The molecule has 2 N–H and O–H groups in total. The van der Waals surface area contributed by atoms with Crippen molar-refractivity contribution in [3.8, 4) is 5.75 Å². The molecular weight excluding hydrogens is 358 g/mol. The molecule has 146 valence electrons. The fourth-order valence-electron chi connectivity index (χ4n) is 2.76. The van der Waals surface area contributed by atoms with Crippen LogP contribution in [0.5, 0.6) is 5.75 Å². The third-order valence-corrected chi connectivity index (χ3v) is 4.33. The zero-order chi connectivity index (χ0) is 20.1. The summed E-state index contributed by atoms with van der Waals surface area (Å²) in [5.41, 5.74) is 1.98. The summed E-state index contributed by atoms with van der Waals surface area (Å²) in [7, 11) is 0. The fourth-order valence-corrected chi connectivity index (χ4v) is 2.76. The normalized spacial score (nSPS) is 13.0. The molecule has 0 aliphatic carbocycles. The van der Waals surface area contributed by atoms with Crippen molar-refractivity contribution in [1.82, 2.24) is 0 Å². The van der Waals surface area contributed by atoms with Crippen LogP contribution >= 0.6 is 0 Å². The van der Waals surface area contributed by atoms with Crippen molar-refractivity contribution in [3.63, 3.8) is 0 Å². The zero-order valence-electron chi connectivity index (χ0n) is 15.9. The number of amides is 3. The Morgan fingerprint density at radius 3 is 2.36 bits per heavy atom. The Balaban J connectivity index is 1.55. The molecule has 2 aromatic carbocycles. The molecule has 0 unspecified atom stereocenters. The molecule has 0 bridgehead atoms. The van der Waals surface area contributed by atoms with Crippen molar-refractivity contribution >= 4 is 34.8 Å². The molecule has 0 fully saturated rings. The number of rotatable bonds is 6. The molecule has 1 aliphatic heterocycles. The Labute approximate surface area is 163 Å². The van der Waals surface area contributed by atoms with E-state index >= 15 is 0 Å². The van der Waals surface area contributed by atoms with E-state index in [2.05, 4.69) is 10.6 Å². The largest absolute Gasteiger partial charge is 0.482 e. The third kappa shape index (κ3) is 4.68. The zero-order valence-corrected chi connectivity index (χ0v) is 15.9. The summed E-state index contributed by atoms with van der Waals surface area (Å²) in [6.45, 7) is 3.89. The number of carbonyl (C=O) groups excluding carboxylic acids is 3. The Hall–Kier alpha value is -3.35. The number of anilines is 3. The maximum absolute atomic E-state index is 12.3. The molecule has 1 aliphatic rings. The number of hydrogen-bond acceptors (Lipinski definition) is 4. The maximum atomic E-state index is 12.3. The molecule has 0 saturated carbocycles. The van der Waals surface area contributed by atoms with Crippen LogP contribution < -0.4 is 20.3 Å². The monoisotopic (exact) mass is 381 g/mol. The van der Waals surface area contributed by atoms with Gasteiger partial charge in [0.15, 0.2) is 6.61 Å². The summed E-state index contributed by atoms with van der Waals surface area (Å²) in [5.74, 6) is 0.105. The molecule has 2 aromatic rings. The van der Waals surface area contributed by atoms with Crippen LogP contribution in [0.1, 0.15) is 20.3 Å². The lowest BCUT2D eigenvalue weighted by Crippen LogP contribution is -2.40. The molecule has 0 aromatic heterocycles. The number of nitrogens with one attached hydrogen (secondary N) is 2.